The molecular weight excluding hydrogens is 306 g/mol. The lowest BCUT2D eigenvalue weighted by atomic mass is 10.0. The molecule has 0 saturated carbocycles. The molecule has 0 unspecified atom stereocenters. The van der Waals surface area contributed by atoms with Crippen LogP contribution in [0, 0.1) is 6.92 Å². The molecule has 1 spiro atoms. The third-order valence-corrected chi connectivity index (χ3v) is 4.81. The third-order valence-electron chi connectivity index (χ3n) is 4.81. The molecule has 24 heavy (non-hydrogen) atoms. The van der Waals surface area contributed by atoms with Crippen LogP contribution in [0.2, 0.25) is 0 Å². The van der Waals surface area contributed by atoms with Gasteiger partial charge in [0.1, 0.15) is 0 Å². The van der Waals surface area contributed by atoms with E-state index in [4.69, 9.17) is 9.47 Å². The van der Waals surface area contributed by atoms with Crippen molar-refractivity contribution in [3.63, 3.8) is 0 Å². The van der Waals surface area contributed by atoms with Crippen LogP contribution >= 0.6 is 0 Å². The molecule has 2 heterocycles. The summed E-state index contributed by atoms with van der Waals surface area (Å²) in [6.45, 7) is 5.87. The van der Waals surface area contributed by atoms with Gasteiger partial charge in [0.05, 0.1) is 12.7 Å². The predicted molar refractivity (Wildman–Crippen MR) is 89.8 cm³/mol. The second-order valence-corrected chi connectivity index (χ2v) is 6.82. The van der Waals surface area contributed by atoms with Gasteiger partial charge in [-0.05, 0) is 13.8 Å². The zero-order valence-electron chi connectivity index (χ0n) is 14.4. The Kier molecular flexibility index (Phi) is 5.01. The number of hydrogen-bond donors (Lipinski definition) is 0. The van der Waals surface area contributed by atoms with Gasteiger partial charge in [0.15, 0.2) is 11.6 Å². The summed E-state index contributed by atoms with van der Waals surface area (Å²) in [5.74, 6) is -0.432. The Labute approximate surface area is 142 Å². The molecule has 1 aromatic carbocycles. The largest absolute Gasteiger partial charge is 0.347 e. The number of ketones is 1. The molecule has 130 valence electrons. The molecule has 1 atom stereocenters. The smallest absolute Gasteiger partial charge is 0.223 e. The first-order valence-corrected chi connectivity index (χ1v) is 8.67. The van der Waals surface area contributed by atoms with Crippen LogP contribution in [-0.4, -0.2) is 48.2 Å². The molecule has 3 rings (SSSR count). The van der Waals surface area contributed by atoms with Crippen LogP contribution in [0.5, 0.6) is 0 Å². The second kappa shape index (κ2) is 7.03. The number of Topliss-reactive ketones (excluding diaryl/α,β-unsaturated/α-hetero) is 1. The van der Waals surface area contributed by atoms with E-state index in [1.54, 1.807) is 0 Å². The highest BCUT2D eigenvalue weighted by Gasteiger charge is 2.43. The van der Waals surface area contributed by atoms with Crippen molar-refractivity contribution in [3.8, 4) is 0 Å². The topological polar surface area (TPSA) is 55.8 Å². The van der Waals surface area contributed by atoms with Gasteiger partial charge in [0, 0.05) is 44.3 Å². The second-order valence-electron chi connectivity index (χ2n) is 6.82. The Balaban J connectivity index is 1.46. The highest BCUT2D eigenvalue weighted by atomic mass is 16.7. The van der Waals surface area contributed by atoms with Gasteiger partial charge in [0.2, 0.25) is 5.91 Å². The molecule has 2 fully saturated rings. The van der Waals surface area contributed by atoms with E-state index in [1.807, 2.05) is 43.0 Å². The van der Waals surface area contributed by atoms with E-state index in [-0.39, 0.29) is 30.6 Å². The third kappa shape index (κ3) is 3.84. The fraction of sp³-hybridized carbons (Fsp3) is 0.579. The van der Waals surface area contributed by atoms with Crippen LogP contribution in [0.15, 0.2) is 24.3 Å². The fourth-order valence-electron chi connectivity index (χ4n) is 3.33. The molecule has 0 N–H and O–H groups in total. The first-order chi connectivity index (χ1) is 11.5. The van der Waals surface area contributed by atoms with E-state index in [1.165, 1.54) is 0 Å². The Morgan fingerprint density at radius 2 is 1.83 bits per heavy atom. The maximum atomic E-state index is 12.3. The van der Waals surface area contributed by atoms with Gasteiger partial charge in [-0.25, -0.2) is 0 Å². The van der Waals surface area contributed by atoms with Crippen molar-refractivity contribution in [3.05, 3.63) is 35.4 Å². The van der Waals surface area contributed by atoms with Crippen LogP contribution in [0.3, 0.4) is 0 Å². The predicted octanol–water partition coefficient (Wildman–Crippen LogP) is 2.71. The number of aryl methyl sites for hydroxylation is 1. The van der Waals surface area contributed by atoms with Gasteiger partial charge < -0.3 is 14.4 Å². The number of nitrogens with zero attached hydrogens (tertiary/aromatic N) is 1. The zero-order chi connectivity index (χ0) is 17.2. The molecule has 0 radical (unpaired) electrons. The minimum Gasteiger partial charge on any atom is -0.347 e. The summed E-state index contributed by atoms with van der Waals surface area (Å²) in [4.78, 5) is 26.3. The Morgan fingerprint density at radius 3 is 2.42 bits per heavy atom. The number of carbonyl (C=O) groups is 2. The van der Waals surface area contributed by atoms with Crippen molar-refractivity contribution in [1.82, 2.24) is 4.90 Å². The Morgan fingerprint density at radius 1 is 1.17 bits per heavy atom. The van der Waals surface area contributed by atoms with Gasteiger partial charge in [-0.3, -0.25) is 9.59 Å². The SMILES string of the molecule is Cc1ccc(C(=O)CCC(=O)N2CCC3(CC2)OC[C@H](C)O3)cc1. The molecular formula is C19H25NO4. The number of piperidine rings is 1. The number of hydrogen-bond acceptors (Lipinski definition) is 4. The minimum absolute atomic E-state index is 0.0214. The molecule has 0 bridgehead atoms. The van der Waals surface area contributed by atoms with E-state index in [2.05, 4.69) is 0 Å². The molecule has 0 aliphatic carbocycles. The first kappa shape index (κ1) is 17.1. The normalized spacial score (nSPS) is 22.8. The van der Waals surface area contributed by atoms with Crippen LogP contribution in [0.4, 0.5) is 0 Å². The summed E-state index contributed by atoms with van der Waals surface area (Å²) in [5, 5.41) is 0. The average Bonchev–Trinajstić information content (AvgIpc) is 2.94. The standard InChI is InChI=1S/C19H25NO4/c1-14-3-5-16(6-4-14)17(21)7-8-18(22)20-11-9-19(10-12-20)23-13-15(2)24-19/h3-6,15H,7-13H2,1-2H3/t15-/m0/s1. The number of benzene rings is 1. The maximum absolute atomic E-state index is 12.3. The van der Waals surface area contributed by atoms with Gasteiger partial charge in [-0.15, -0.1) is 0 Å². The number of amides is 1. The molecule has 1 aromatic rings. The molecule has 2 aliphatic heterocycles. The van der Waals surface area contributed by atoms with Crippen LogP contribution in [0.25, 0.3) is 0 Å². The monoisotopic (exact) mass is 331 g/mol. The van der Waals surface area contributed by atoms with Gasteiger partial charge in [-0.1, -0.05) is 29.8 Å². The quantitative estimate of drug-likeness (QED) is 0.796. The van der Waals surface area contributed by atoms with E-state index in [0.717, 1.165) is 5.56 Å². The lowest BCUT2D eigenvalue weighted by Crippen LogP contribution is -2.47. The van der Waals surface area contributed by atoms with Crippen LogP contribution in [-0.2, 0) is 14.3 Å². The lowest BCUT2D eigenvalue weighted by molar-refractivity contribution is -0.194. The first-order valence-electron chi connectivity index (χ1n) is 8.67. The summed E-state index contributed by atoms with van der Waals surface area (Å²) in [6.07, 6.45) is 2.05. The van der Waals surface area contributed by atoms with Crippen LogP contribution < -0.4 is 0 Å². The van der Waals surface area contributed by atoms with Crippen molar-refractivity contribution in [2.75, 3.05) is 19.7 Å². The summed E-state index contributed by atoms with van der Waals surface area (Å²) < 4.78 is 11.6. The number of likely N-dealkylation sites (tertiary alicyclic amines) is 1. The number of carbonyl (C=O) groups excluding carboxylic acids is 2. The summed E-state index contributed by atoms with van der Waals surface area (Å²) >= 11 is 0. The average molecular weight is 331 g/mol. The molecule has 1 amide bonds. The fourth-order valence-corrected chi connectivity index (χ4v) is 3.33. The molecule has 5 nitrogen and oxygen atoms in total. The van der Waals surface area contributed by atoms with Crippen molar-refractivity contribution >= 4 is 11.7 Å². The Hall–Kier alpha value is -1.72. The molecule has 0 aromatic heterocycles. The van der Waals surface area contributed by atoms with Crippen molar-refractivity contribution in [2.45, 2.75) is 51.4 Å². The lowest BCUT2D eigenvalue weighted by Gasteiger charge is -2.37. The molecule has 2 saturated heterocycles. The minimum atomic E-state index is -0.492. The van der Waals surface area contributed by atoms with Gasteiger partial charge >= 0.3 is 0 Å². The van der Waals surface area contributed by atoms with E-state index in [9.17, 15) is 9.59 Å². The number of rotatable bonds is 4. The van der Waals surface area contributed by atoms with Gasteiger partial charge in [-0.2, -0.15) is 0 Å². The maximum Gasteiger partial charge on any atom is 0.223 e. The van der Waals surface area contributed by atoms with E-state index >= 15 is 0 Å². The number of ether oxygens (including phenoxy) is 2. The summed E-state index contributed by atoms with van der Waals surface area (Å²) in [6, 6.07) is 7.48. The Bertz CT molecular complexity index is 602. The molecule has 5 heteroatoms. The van der Waals surface area contributed by atoms with Crippen molar-refractivity contribution < 1.29 is 19.1 Å². The van der Waals surface area contributed by atoms with Gasteiger partial charge in [0.25, 0.3) is 0 Å². The molecule has 2 aliphatic rings. The highest BCUT2D eigenvalue weighted by molar-refractivity contribution is 5.97. The van der Waals surface area contributed by atoms with Crippen molar-refractivity contribution in [2.24, 2.45) is 0 Å². The summed E-state index contributed by atoms with van der Waals surface area (Å²) in [7, 11) is 0. The van der Waals surface area contributed by atoms with E-state index < -0.39 is 5.79 Å². The van der Waals surface area contributed by atoms with E-state index in [0.29, 0.717) is 38.1 Å². The summed E-state index contributed by atoms with van der Waals surface area (Å²) in [5.41, 5.74) is 1.79. The van der Waals surface area contributed by atoms with Crippen LogP contribution in [0.1, 0.15) is 48.5 Å². The van der Waals surface area contributed by atoms with Crippen molar-refractivity contribution in [1.29, 1.82) is 0 Å². The highest BCUT2D eigenvalue weighted by Crippen LogP contribution is 2.34. The zero-order valence-corrected chi connectivity index (χ0v) is 14.4.